The zero-order chi connectivity index (χ0) is 13.8. The molecule has 18 heavy (non-hydrogen) atoms. The Kier molecular flexibility index (Phi) is 5.32. The van der Waals surface area contributed by atoms with E-state index in [4.69, 9.17) is 9.84 Å². The van der Waals surface area contributed by atoms with Gasteiger partial charge >= 0.3 is 5.97 Å². The van der Waals surface area contributed by atoms with E-state index in [1.54, 1.807) is 0 Å². The number of carbonyl (C=O) groups excluding carboxylic acids is 2. The van der Waals surface area contributed by atoms with Crippen LogP contribution in [0.4, 0.5) is 0 Å². The summed E-state index contributed by atoms with van der Waals surface area (Å²) in [5.74, 6) is 0.0334. The van der Waals surface area contributed by atoms with E-state index in [0.717, 1.165) is 25.7 Å². The Labute approximate surface area is 109 Å². The molecule has 4 heteroatoms. The molecule has 0 aromatic carbocycles. The van der Waals surface area contributed by atoms with E-state index in [0.29, 0.717) is 6.42 Å². The number of ketones is 1. The number of rotatable bonds is 6. The minimum atomic E-state index is -0.606. The fraction of sp³-hybridized carbons (Fsp3) is 0.857. The van der Waals surface area contributed by atoms with Crippen molar-refractivity contribution in [2.75, 3.05) is 13.7 Å². The number of hydrogen-bond acceptors (Lipinski definition) is 4. The van der Waals surface area contributed by atoms with Gasteiger partial charge in [0, 0.05) is 18.9 Å². The summed E-state index contributed by atoms with van der Waals surface area (Å²) in [6.07, 6.45) is 3.65. The first-order valence-electron chi connectivity index (χ1n) is 6.67. The Morgan fingerprint density at radius 2 is 2.11 bits per heavy atom. The minimum Gasteiger partial charge on any atom is -0.469 e. The molecular formula is C14H24O4. The summed E-state index contributed by atoms with van der Waals surface area (Å²) in [5.41, 5.74) is -0.606. The van der Waals surface area contributed by atoms with Gasteiger partial charge in [-0.05, 0) is 39.0 Å². The first-order chi connectivity index (χ1) is 8.45. The maximum atomic E-state index is 11.9. The van der Waals surface area contributed by atoms with Crippen LogP contribution < -0.4 is 0 Å². The average molecular weight is 256 g/mol. The van der Waals surface area contributed by atoms with Gasteiger partial charge in [-0.1, -0.05) is 6.42 Å². The Hall–Kier alpha value is -0.900. The molecule has 1 aliphatic carbocycles. The number of esters is 1. The molecule has 1 rings (SSSR count). The summed E-state index contributed by atoms with van der Waals surface area (Å²) < 4.78 is 4.85. The number of aliphatic hydroxyl groups is 1. The van der Waals surface area contributed by atoms with Crippen molar-refractivity contribution in [3.05, 3.63) is 0 Å². The zero-order valence-electron chi connectivity index (χ0n) is 11.6. The van der Waals surface area contributed by atoms with E-state index in [-0.39, 0.29) is 30.2 Å². The van der Waals surface area contributed by atoms with Crippen molar-refractivity contribution in [2.45, 2.75) is 46.0 Å². The predicted molar refractivity (Wildman–Crippen MR) is 68.0 cm³/mol. The number of aliphatic hydroxyl groups excluding tert-OH is 1. The monoisotopic (exact) mass is 256 g/mol. The number of methoxy groups -OCH3 is 1. The zero-order valence-corrected chi connectivity index (χ0v) is 11.6. The van der Waals surface area contributed by atoms with Crippen LogP contribution in [0.5, 0.6) is 0 Å². The molecule has 104 valence electrons. The third-order valence-corrected chi connectivity index (χ3v) is 4.16. The van der Waals surface area contributed by atoms with Crippen LogP contribution in [-0.4, -0.2) is 30.6 Å². The van der Waals surface area contributed by atoms with Gasteiger partial charge in [-0.25, -0.2) is 0 Å². The number of hydrogen-bond donors (Lipinski definition) is 1. The minimum absolute atomic E-state index is 0.0503. The van der Waals surface area contributed by atoms with Gasteiger partial charge < -0.3 is 9.84 Å². The quantitative estimate of drug-likeness (QED) is 0.582. The van der Waals surface area contributed by atoms with E-state index >= 15 is 0 Å². The van der Waals surface area contributed by atoms with Crippen LogP contribution in [-0.2, 0) is 14.3 Å². The van der Waals surface area contributed by atoms with Crippen LogP contribution >= 0.6 is 0 Å². The van der Waals surface area contributed by atoms with Crippen molar-refractivity contribution in [1.82, 2.24) is 0 Å². The average Bonchev–Trinajstić information content (AvgIpc) is 2.71. The molecule has 4 nitrogen and oxygen atoms in total. The van der Waals surface area contributed by atoms with Gasteiger partial charge in [0.05, 0.1) is 12.5 Å². The smallest absolute Gasteiger partial charge is 0.311 e. The lowest BCUT2D eigenvalue weighted by Gasteiger charge is -2.32. The molecule has 1 N–H and O–H groups in total. The summed E-state index contributed by atoms with van der Waals surface area (Å²) in [4.78, 5) is 23.8. The lowest BCUT2D eigenvalue weighted by Crippen LogP contribution is -2.37. The molecule has 1 saturated carbocycles. The van der Waals surface area contributed by atoms with Gasteiger partial charge in [-0.2, -0.15) is 0 Å². The SMILES string of the molecule is COC(=O)C(C)(C)C1CCC(=O)C1CCCCO. The third kappa shape index (κ3) is 3.10. The van der Waals surface area contributed by atoms with Gasteiger partial charge in [-0.3, -0.25) is 9.59 Å². The molecule has 0 aromatic heterocycles. The van der Waals surface area contributed by atoms with Gasteiger partial charge in [-0.15, -0.1) is 0 Å². The summed E-state index contributed by atoms with van der Waals surface area (Å²) in [5, 5.41) is 8.80. The molecule has 0 spiro atoms. The highest BCUT2D eigenvalue weighted by Crippen LogP contribution is 2.44. The second-order valence-electron chi connectivity index (χ2n) is 5.65. The van der Waals surface area contributed by atoms with Crippen LogP contribution in [0.1, 0.15) is 46.0 Å². The largest absolute Gasteiger partial charge is 0.469 e. The molecule has 0 radical (unpaired) electrons. The van der Waals surface area contributed by atoms with Crippen LogP contribution in [0, 0.1) is 17.3 Å². The fourth-order valence-electron chi connectivity index (χ4n) is 3.03. The van der Waals surface area contributed by atoms with Crippen molar-refractivity contribution < 1.29 is 19.4 Å². The lowest BCUT2D eigenvalue weighted by atomic mass is 9.72. The number of Topliss-reactive ketones (excluding diaryl/α,β-unsaturated/α-hetero) is 1. The molecule has 0 saturated heterocycles. The fourth-order valence-corrected chi connectivity index (χ4v) is 3.03. The molecule has 2 unspecified atom stereocenters. The number of carbonyl (C=O) groups is 2. The second-order valence-corrected chi connectivity index (χ2v) is 5.65. The van der Waals surface area contributed by atoms with Gasteiger partial charge in [0.1, 0.15) is 5.78 Å². The standard InChI is InChI=1S/C14H24O4/c1-14(2,13(17)18-3)11-7-8-12(16)10(11)6-4-5-9-15/h10-11,15H,4-9H2,1-3H3. The molecule has 0 aromatic rings. The van der Waals surface area contributed by atoms with Crippen molar-refractivity contribution in [3.8, 4) is 0 Å². The highest BCUT2D eigenvalue weighted by molar-refractivity contribution is 5.85. The molecule has 1 fully saturated rings. The Morgan fingerprint density at radius 3 is 2.67 bits per heavy atom. The Morgan fingerprint density at radius 1 is 1.44 bits per heavy atom. The lowest BCUT2D eigenvalue weighted by molar-refractivity contribution is -0.155. The summed E-state index contributed by atoms with van der Waals surface area (Å²) in [6.45, 7) is 3.88. The normalized spacial score (nSPS) is 24.3. The summed E-state index contributed by atoms with van der Waals surface area (Å²) in [6, 6.07) is 0. The highest BCUT2D eigenvalue weighted by atomic mass is 16.5. The molecule has 2 atom stereocenters. The van der Waals surface area contributed by atoms with Crippen LogP contribution in [0.15, 0.2) is 0 Å². The van der Waals surface area contributed by atoms with E-state index < -0.39 is 5.41 Å². The molecule has 1 aliphatic rings. The first-order valence-corrected chi connectivity index (χ1v) is 6.67. The maximum Gasteiger partial charge on any atom is 0.311 e. The van der Waals surface area contributed by atoms with Crippen LogP contribution in [0.2, 0.25) is 0 Å². The molecular weight excluding hydrogens is 232 g/mol. The maximum absolute atomic E-state index is 11.9. The number of ether oxygens (including phenoxy) is 1. The topological polar surface area (TPSA) is 63.6 Å². The van der Waals surface area contributed by atoms with Gasteiger partial charge in [0.2, 0.25) is 0 Å². The number of unbranched alkanes of at least 4 members (excludes halogenated alkanes) is 1. The van der Waals surface area contributed by atoms with E-state index in [2.05, 4.69) is 0 Å². The van der Waals surface area contributed by atoms with Gasteiger partial charge in [0.15, 0.2) is 0 Å². The first kappa shape index (κ1) is 15.2. The summed E-state index contributed by atoms with van der Waals surface area (Å²) >= 11 is 0. The van der Waals surface area contributed by atoms with E-state index in [9.17, 15) is 9.59 Å². The van der Waals surface area contributed by atoms with Crippen molar-refractivity contribution in [1.29, 1.82) is 0 Å². The molecule has 0 amide bonds. The van der Waals surface area contributed by atoms with Crippen molar-refractivity contribution in [3.63, 3.8) is 0 Å². The van der Waals surface area contributed by atoms with E-state index in [1.807, 2.05) is 13.8 Å². The van der Waals surface area contributed by atoms with Gasteiger partial charge in [0.25, 0.3) is 0 Å². The highest BCUT2D eigenvalue weighted by Gasteiger charge is 2.47. The van der Waals surface area contributed by atoms with Crippen molar-refractivity contribution in [2.24, 2.45) is 17.3 Å². The van der Waals surface area contributed by atoms with Crippen LogP contribution in [0.3, 0.4) is 0 Å². The van der Waals surface area contributed by atoms with Crippen molar-refractivity contribution >= 4 is 11.8 Å². The molecule has 0 bridgehead atoms. The Balaban J connectivity index is 2.73. The van der Waals surface area contributed by atoms with E-state index in [1.165, 1.54) is 7.11 Å². The molecule has 0 aliphatic heterocycles. The Bertz CT molecular complexity index is 309. The third-order valence-electron chi connectivity index (χ3n) is 4.16. The molecule has 0 heterocycles. The predicted octanol–water partition coefficient (Wildman–Crippen LogP) is 1.94. The second kappa shape index (κ2) is 6.32. The van der Waals surface area contributed by atoms with Crippen LogP contribution in [0.25, 0.3) is 0 Å². The summed E-state index contributed by atoms with van der Waals surface area (Å²) in [7, 11) is 1.39.